The molecule has 0 radical (unpaired) electrons. The third kappa shape index (κ3) is 3.34. The van der Waals surface area contributed by atoms with Crippen molar-refractivity contribution in [3.05, 3.63) is 0 Å². The van der Waals surface area contributed by atoms with E-state index in [1.165, 1.54) is 0 Å². The summed E-state index contributed by atoms with van der Waals surface area (Å²) in [5.41, 5.74) is 0. The maximum atomic E-state index is 11.8. The molecule has 1 saturated heterocycles. The molecular weight excluding hydrogens is 230 g/mol. The van der Waals surface area contributed by atoms with Gasteiger partial charge in [-0.3, -0.25) is 4.79 Å². The molecule has 1 amide bonds. The summed E-state index contributed by atoms with van der Waals surface area (Å²) >= 11 is 6.01. The van der Waals surface area contributed by atoms with Crippen LogP contribution in [0, 0.1) is 0 Å². The lowest BCUT2D eigenvalue weighted by atomic mass is 9.95. The van der Waals surface area contributed by atoms with Gasteiger partial charge >= 0.3 is 0 Å². The molecule has 0 bridgehead atoms. The van der Waals surface area contributed by atoms with Crippen molar-refractivity contribution < 1.29 is 14.3 Å². The lowest BCUT2D eigenvalue weighted by Crippen LogP contribution is -2.47. The Morgan fingerprint density at radius 2 is 1.94 bits per heavy atom. The molecule has 4 nitrogen and oxygen atoms in total. The van der Waals surface area contributed by atoms with Crippen LogP contribution in [0.5, 0.6) is 0 Å². The highest BCUT2D eigenvalue weighted by Gasteiger charge is 2.26. The highest BCUT2D eigenvalue weighted by atomic mass is 35.5. The zero-order chi connectivity index (χ0) is 11.4. The van der Waals surface area contributed by atoms with Gasteiger partial charge in [0, 0.05) is 11.4 Å². The highest BCUT2D eigenvalue weighted by Crippen LogP contribution is 2.22. The SMILES string of the molecule is O=C(NC1CCC(Cl)CC1)C1COCCO1. The van der Waals surface area contributed by atoms with Crippen molar-refractivity contribution in [2.45, 2.75) is 43.2 Å². The third-order valence-electron chi connectivity index (χ3n) is 3.11. The van der Waals surface area contributed by atoms with E-state index in [4.69, 9.17) is 21.1 Å². The smallest absolute Gasteiger partial charge is 0.251 e. The number of amides is 1. The molecule has 0 aromatic heterocycles. The van der Waals surface area contributed by atoms with Gasteiger partial charge in [0.05, 0.1) is 19.8 Å². The Kier molecular flexibility index (Phi) is 4.44. The summed E-state index contributed by atoms with van der Waals surface area (Å²) in [6.45, 7) is 1.46. The molecule has 1 atom stereocenters. The van der Waals surface area contributed by atoms with Crippen LogP contribution in [0.15, 0.2) is 0 Å². The lowest BCUT2D eigenvalue weighted by Gasteiger charge is -2.28. The number of hydrogen-bond donors (Lipinski definition) is 1. The summed E-state index contributed by atoms with van der Waals surface area (Å²) in [6, 6.07) is 0.257. The first-order valence-electron chi connectivity index (χ1n) is 5.89. The van der Waals surface area contributed by atoms with E-state index in [0.29, 0.717) is 19.8 Å². The van der Waals surface area contributed by atoms with Gasteiger partial charge in [-0.05, 0) is 25.7 Å². The maximum Gasteiger partial charge on any atom is 0.251 e. The quantitative estimate of drug-likeness (QED) is 0.743. The fourth-order valence-electron chi connectivity index (χ4n) is 2.13. The molecule has 1 N–H and O–H groups in total. The van der Waals surface area contributed by atoms with Crippen LogP contribution >= 0.6 is 11.6 Å². The van der Waals surface area contributed by atoms with E-state index >= 15 is 0 Å². The minimum absolute atomic E-state index is 0.0438. The van der Waals surface area contributed by atoms with Gasteiger partial charge < -0.3 is 14.8 Å². The number of halogens is 1. The van der Waals surface area contributed by atoms with Crippen molar-refractivity contribution in [1.29, 1.82) is 0 Å². The molecule has 0 aromatic rings. The molecule has 1 heterocycles. The molecular formula is C11H18ClNO3. The summed E-state index contributed by atoms with van der Waals surface area (Å²) in [7, 11) is 0. The summed E-state index contributed by atoms with van der Waals surface area (Å²) in [4.78, 5) is 11.8. The van der Waals surface area contributed by atoms with E-state index in [1.54, 1.807) is 0 Å². The second-order valence-corrected chi connectivity index (χ2v) is 5.01. The molecule has 1 unspecified atom stereocenters. The van der Waals surface area contributed by atoms with E-state index in [9.17, 15) is 4.79 Å². The van der Waals surface area contributed by atoms with Crippen LogP contribution in [0.4, 0.5) is 0 Å². The Morgan fingerprint density at radius 3 is 2.56 bits per heavy atom. The number of carbonyl (C=O) groups is 1. The molecule has 0 aromatic carbocycles. The van der Waals surface area contributed by atoms with Gasteiger partial charge in [-0.25, -0.2) is 0 Å². The van der Waals surface area contributed by atoms with Crippen molar-refractivity contribution in [2.24, 2.45) is 0 Å². The van der Waals surface area contributed by atoms with E-state index < -0.39 is 6.10 Å². The highest BCUT2D eigenvalue weighted by molar-refractivity contribution is 6.20. The average molecular weight is 248 g/mol. The molecule has 1 aliphatic carbocycles. The Bertz CT molecular complexity index is 235. The van der Waals surface area contributed by atoms with E-state index in [1.807, 2.05) is 0 Å². The maximum absolute atomic E-state index is 11.8. The summed E-state index contributed by atoms with van der Waals surface area (Å²) in [5.74, 6) is -0.0438. The van der Waals surface area contributed by atoms with Crippen LogP contribution in [-0.4, -0.2) is 43.3 Å². The summed E-state index contributed by atoms with van der Waals surface area (Å²) in [6.07, 6.45) is 3.46. The number of hydrogen-bond acceptors (Lipinski definition) is 3. The second kappa shape index (κ2) is 5.84. The van der Waals surface area contributed by atoms with E-state index in [-0.39, 0.29) is 17.3 Å². The molecule has 5 heteroatoms. The topological polar surface area (TPSA) is 47.6 Å². The predicted octanol–water partition coefficient (Wildman–Crippen LogP) is 1.07. The van der Waals surface area contributed by atoms with Crippen LogP contribution in [0.1, 0.15) is 25.7 Å². The zero-order valence-electron chi connectivity index (χ0n) is 9.28. The Balaban J connectivity index is 1.73. The van der Waals surface area contributed by atoms with Gasteiger partial charge in [0.2, 0.25) is 0 Å². The first-order valence-corrected chi connectivity index (χ1v) is 6.33. The average Bonchev–Trinajstić information content (AvgIpc) is 2.33. The molecule has 1 saturated carbocycles. The lowest BCUT2D eigenvalue weighted by molar-refractivity contribution is -0.148. The number of rotatable bonds is 2. The standard InChI is InChI=1S/C11H18ClNO3/c12-8-1-3-9(4-2-8)13-11(14)10-7-15-5-6-16-10/h8-10H,1-7H2,(H,13,14). The van der Waals surface area contributed by atoms with Crippen molar-refractivity contribution in [2.75, 3.05) is 19.8 Å². The molecule has 2 rings (SSSR count). The van der Waals surface area contributed by atoms with Crippen LogP contribution in [0.2, 0.25) is 0 Å². The molecule has 0 spiro atoms. The van der Waals surface area contributed by atoms with E-state index in [2.05, 4.69) is 5.32 Å². The van der Waals surface area contributed by atoms with Crippen molar-refractivity contribution in [3.8, 4) is 0 Å². The van der Waals surface area contributed by atoms with E-state index in [0.717, 1.165) is 25.7 Å². The summed E-state index contributed by atoms with van der Waals surface area (Å²) < 4.78 is 10.5. The second-order valence-electron chi connectivity index (χ2n) is 4.39. The number of ether oxygens (including phenoxy) is 2. The van der Waals surface area contributed by atoms with Gasteiger partial charge in [-0.1, -0.05) is 0 Å². The van der Waals surface area contributed by atoms with Crippen LogP contribution < -0.4 is 5.32 Å². The van der Waals surface area contributed by atoms with Gasteiger partial charge in [0.25, 0.3) is 5.91 Å². The van der Waals surface area contributed by atoms with Crippen LogP contribution in [0.3, 0.4) is 0 Å². The fourth-order valence-corrected chi connectivity index (χ4v) is 2.38. The van der Waals surface area contributed by atoms with Gasteiger partial charge in [-0.2, -0.15) is 0 Å². The number of alkyl halides is 1. The first-order chi connectivity index (χ1) is 7.75. The van der Waals surface area contributed by atoms with Crippen molar-refractivity contribution in [3.63, 3.8) is 0 Å². The first kappa shape index (κ1) is 12.1. The normalized spacial score (nSPS) is 35.7. The monoisotopic (exact) mass is 247 g/mol. The summed E-state index contributed by atoms with van der Waals surface area (Å²) in [5, 5.41) is 3.29. The molecule has 2 aliphatic rings. The largest absolute Gasteiger partial charge is 0.376 e. The van der Waals surface area contributed by atoms with Crippen molar-refractivity contribution in [1.82, 2.24) is 5.32 Å². The molecule has 2 fully saturated rings. The third-order valence-corrected chi connectivity index (χ3v) is 3.55. The van der Waals surface area contributed by atoms with Gasteiger partial charge in [0.15, 0.2) is 6.10 Å². The van der Waals surface area contributed by atoms with Crippen molar-refractivity contribution >= 4 is 17.5 Å². The minimum atomic E-state index is -0.428. The van der Waals surface area contributed by atoms with Gasteiger partial charge in [-0.15, -0.1) is 11.6 Å². The number of carbonyl (C=O) groups excluding carboxylic acids is 1. The number of nitrogens with one attached hydrogen (secondary N) is 1. The Morgan fingerprint density at radius 1 is 1.19 bits per heavy atom. The fraction of sp³-hybridized carbons (Fsp3) is 0.909. The van der Waals surface area contributed by atoms with Crippen LogP contribution in [-0.2, 0) is 14.3 Å². The zero-order valence-corrected chi connectivity index (χ0v) is 10.0. The van der Waals surface area contributed by atoms with Gasteiger partial charge in [0.1, 0.15) is 0 Å². The molecule has 16 heavy (non-hydrogen) atoms. The Hall–Kier alpha value is -0.320. The Labute approximate surface area is 101 Å². The minimum Gasteiger partial charge on any atom is -0.376 e. The predicted molar refractivity (Wildman–Crippen MR) is 60.6 cm³/mol. The van der Waals surface area contributed by atoms with Crippen LogP contribution in [0.25, 0.3) is 0 Å². The molecule has 92 valence electrons. The molecule has 1 aliphatic heterocycles.